The van der Waals surface area contributed by atoms with Crippen molar-refractivity contribution in [1.82, 2.24) is 10.2 Å². The minimum absolute atomic E-state index is 0.152. The van der Waals surface area contributed by atoms with Crippen molar-refractivity contribution in [3.05, 3.63) is 0 Å². The van der Waals surface area contributed by atoms with Crippen LogP contribution in [0.2, 0.25) is 0 Å². The molecular weight excluding hydrogens is 432 g/mol. The SMILES string of the molecule is CCCCNC(=O)C1N([C@H](C)CO)C(=O)[C@@H]2[C@@H](C(=O)OCC)[C@@H]3OC12CC3Br. The Morgan fingerprint density at radius 2 is 2.18 bits per heavy atom. The third-order valence-electron chi connectivity index (χ3n) is 6.10. The molecule has 0 aromatic carbocycles. The molecular formula is C19H29BrN2O6. The van der Waals surface area contributed by atoms with E-state index in [9.17, 15) is 19.5 Å². The number of carbonyl (C=O) groups excluding carboxylic acids is 3. The molecule has 1 spiro atoms. The fraction of sp³-hybridized carbons (Fsp3) is 0.842. The molecule has 3 saturated heterocycles. The van der Waals surface area contributed by atoms with Crippen molar-refractivity contribution in [2.45, 2.75) is 68.6 Å². The minimum atomic E-state index is -1.09. The van der Waals surface area contributed by atoms with E-state index in [1.165, 1.54) is 4.90 Å². The van der Waals surface area contributed by atoms with Crippen LogP contribution in [-0.4, -0.2) is 76.2 Å². The quantitative estimate of drug-likeness (QED) is 0.312. The summed E-state index contributed by atoms with van der Waals surface area (Å²) in [6.45, 7) is 5.87. The molecule has 2 amide bonds. The second-order valence-corrected chi connectivity index (χ2v) is 9.01. The van der Waals surface area contributed by atoms with Crippen molar-refractivity contribution in [2.24, 2.45) is 11.8 Å². The highest BCUT2D eigenvalue weighted by atomic mass is 79.9. The second-order valence-electron chi connectivity index (χ2n) is 7.84. The largest absolute Gasteiger partial charge is 0.466 e. The van der Waals surface area contributed by atoms with Crippen LogP contribution in [0.25, 0.3) is 0 Å². The van der Waals surface area contributed by atoms with Crippen LogP contribution in [0.15, 0.2) is 0 Å². The molecule has 3 rings (SSSR count). The van der Waals surface area contributed by atoms with Gasteiger partial charge in [-0.25, -0.2) is 0 Å². The zero-order valence-electron chi connectivity index (χ0n) is 16.5. The van der Waals surface area contributed by atoms with E-state index in [-0.39, 0.29) is 29.9 Å². The smallest absolute Gasteiger partial charge is 0.312 e. The molecule has 9 heteroatoms. The number of nitrogens with zero attached hydrogens (tertiary/aromatic N) is 1. The van der Waals surface area contributed by atoms with Gasteiger partial charge in [0, 0.05) is 11.4 Å². The van der Waals surface area contributed by atoms with Gasteiger partial charge in [-0.15, -0.1) is 0 Å². The van der Waals surface area contributed by atoms with Gasteiger partial charge in [0.05, 0.1) is 37.2 Å². The van der Waals surface area contributed by atoms with E-state index >= 15 is 0 Å². The van der Waals surface area contributed by atoms with Gasteiger partial charge in [-0.3, -0.25) is 14.4 Å². The summed E-state index contributed by atoms with van der Waals surface area (Å²) in [5.41, 5.74) is -1.09. The Morgan fingerprint density at radius 3 is 2.79 bits per heavy atom. The molecule has 2 bridgehead atoms. The molecule has 3 fully saturated rings. The van der Waals surface area contributed by atoms with Crippen LogP contribution in [0.3, 0.4) is 0 Å². The molecule has 0 aromatic heterocycles. The number of hydrogen-bond donors (Lipinski definition) is 2. The number of hydrogen-bond acceptors (Lipinski definition) is 6. The Bertz CT molecular complexity index is 646. The molecule has 0 aliphatic carbocycles. The summed E-state index contributed by atoms with van der Waals surface area (Å²) in [4.78, 5) is 40.4. The first-order valence-corrected chi connectivity index (χ1v) is 10.9. The first kappa shape index (κ1) is 21.5. The predicted octanol–water partition coefficient (Wildman–Crippen LogP) is 0.595. The standard InChI is InChI=1S/C19H29BrN2O6/c1-4-6-7-21-16(24)15-19-8-11(20)14(28-19)12(18(26)27-5-2)13(19)17(25)22(15)10(3)9-23/h10-15,23H,4-9H2,1-3H3,(H,21,24)/t10-,11?,12-,13+,14-,15?,19?/m1/s1. The minimum Gasteiger partial charge on any atom is -0.466 e. The van der Waals surface area contributed by atoms with Gasteiger partial charge in [0.2, 0.25) is 11.8 Å². The van der Waals surface area contributed by atoms with Gasteiger partial charge in [-0.1, -0.05) is 29.3 Å². The highest BCUT2D eigenvalue weighted by molar-refractivity contribution is 9.09. The maximum atomic E-state index is 13.4. The van der Waals surface area contributed by atoms with E-state index in [1.54, 1.807) is 13.8 Å². The van der Waals surface area contributed by atoms with Crippen LogP contribution >= 0.6 is 15.9 Å². The van der Waals surface area contributed by atoms with Crippen LogP contribution in [0.5, 0.6) is 0 Å². The Kier molecular flexibility index (Phi) is 6.36. The molecule has 3 aliphatic rings. The zero-order valence-corrected chi connectivity index (χ0v) is 18.1. The summed E-state index contributed by atoms with van der Waals surface area (Å²) in [5.74, 6) is -2.62. The first-order chi connectivity index (χ1) is 13.3. The summed E-state index contributed by atoms with van der Waals surface area (Å²) < 4.78 is 11.5. The van der Waals surface area contributed by atoms with Gasteiger partial charge >= 0.3 is 5.97 Å². The molecule has 2 N–H and O–H groups in total. The van der Waals surface area contributed by atoms with Crippen LogP contribution in [-0.2, 0) is 23.9 Å². The molecule has 3 heterocycles. The van der Waals surface area contributed by atoms with Crippen molar-refractivity contribution >= 4 is 33.7 Å². The second kappa shape index (κ2) is 8.28. The summed E-state index contributed by atoms with van der Waals surface area (Å²) in [5, 5.41) is 12.6. The number of unbranched alkanes of at least 4 members (excludes halogenated alkanes) is 1. The first-order valence-electron chi connectivity index (χ1n) is 10.0. The fourth-order valence-corrected chi connectivity index (χ4v) is 5.86. The van der Waals surface area contributed by atoms with Crippen LogP contribution in [0.4, 0.5) is 0 Å². The maximum Gasteiger partial charge on any atom is 0.312 e. The van der Waals surface area contributed by atoms with E-state index in [2.05, 4.69) is 21.2 Å². The number of ether oxygens (including phenoxy) is 2. The molecule has 0 aromatic rings. The number of fused-ring (bicyclic) bond motifs is 1. The van der Waals surface area contributed by atoms with Crippen LogP contribution in [0, 0.1) is 11.8 Å². The van der Waals surface area contributed by atoms with Crippen LogP contribution in [0.1, 0.15) is 40.0 Å². The van der Waals surface area contributed by atoms with E-state index in [0.717, 1.165) is 12.8 Å². The average Bonchev–Trinajstić information content (AvgIpc) is 3.25. The molecule has 7 atom stereocenters. The van der Waals surface area contributed by atoms with Crippen molar-refractivity contribution in [3.63, 3.8) is 0 Å². The van der Waals surface area contributed by atoms with Gasteiger partial charge in [0.25, 0.3) is 0 Å². The summed E-state index contributed by atoms with van der Waals surface area (Å²) >= 11 is 3.58. The lowest BCUT2D eigenvalue weighted by atomic mass is 9.70. The number of halogens is 1. The van der Waals surface area contributed by atoms with Gasteiger partial charge in [-0.2, -0.15) is 0 Å². The van der Waals surface area contributed by atoms with E-state index < -0.39 is 41.6 Å². The molecule has 0 saturated carbocycles. The number of esters is 1. The van der Waals surface area contributed by atoms with E-state index in [4.69, 9.17) is 9.47 Å². The average molecular weight is 461 g/mol. The van der Waals surface area contributed by atoms with Crippen molar-refractivity contribution in [3.8, 4) is 0 Å². The number of carbonyl (C=O) groups is 3. The van der Waals surface area contributed by atoms with E-state index in [0.29, 0.717) is 13.0 Å². The third-order valence-corrected chi connectivity index (χ3v) is 6.95. The summed E-state index contributed by atoms with van der Waals surface area (Å²) in [6, 6.07) is -1.44. The fourth-order valence-electron chi connectivity index (χ4n) is 4.92. The normalized spacial score (nSPS) is 37.1. The van der Waals surface area contributed by atoms with Gasteiger partial charge in [-0.05, 0) is 26.7 Å². The third kappa shape index (κ3) is 3.15. The van der Waals surface area contributed by atoms with Gasteiger partial charge < -0.3 is 24.8 Å². The number of alkyl halides is 1. The number of aliphatic hydroxyl groups is 1. The lowest BCUT2D eigenvalue weighted by Gasteiger charge is -2.35. The number of rotatable bonds is 8. The van der Waals surface area contributed by atoms with Crippen molar-refractivity contribution in [2.75, 3.05) is 19.8 Å². The molecule has 3 unspecified atom stereocenters. The molecule has 8 nitrogen and oxygen atoms in total. The summed E-state index contributed by atoms with van der Waals surface area (Å²) in [6.07, 6.45) is 1.70. The molecule has 158 valence electrons. The van der Waals surface area contributed by atoms with E-state index in [1.807, 2.05) is 6.92 Å². The lowest BCUT2D eigenvalue weighted by molar-refractivity contribution is -0.155. The van der Waals surface area contributed by atoms with Crippen molar-refractivity contribution in [1.29, 1.82) is 0 Å². The highest BCUT2D eigenvalue weighted by Gasteiger charge is 2.77. The maximum absolute atomic E-state index is 13.4. The summed E-state index contributed by atoms with van der Waals surface area (Å²) in [7, 11) is 0. The molecule has 28 heavy (non-hydrogen) atoms. The zero-order chi connectivity index (χ0) is 20.6. The highest BCUT2D eigenvalue weighted by Crippen LogP contribution is 2.60. The van der Waals surface area contributed by atoms with Gasteiger partial charge in [0.15, 0.2) is 0 Å². The lowest BCUT2D eigenvalue weighted by Crippen LogP contribution is -2.57. The topological polar surface area (TPSA) is 105 Å². The van der Waals surface area contributed by atoms with Crippen LogP contribution < -0.4 is 5.32 Å². The Morgan fingerprint density at radius 1 is 1.46 bits per heavy atom. The Hall–Kier alpha value is -1.19. The predicted molar refractivity (Wildman–Crippen MR) is 104 cm³/mol. The van der Waals surface area contributed by atoms with Gasteiger partial charge in [0.1, 0.15) is 11.6 Å². The Labute approximate surface area is 173 Å². The molecule has 3 aliphatic heterocycles. The number of likely N-dealkylation sites (tertiary alicyclic amines) is 1. The molecule has 0 radical (unpaired) electrons. The number of amides is 2. The number of nitrogens with one attached hydrogen (secondary N) is 1. The monoisotopic (exact) mass is 460 g/mol. The Balaban J connectivity index is 1.99. The van der Waals surface area contributed by atoms with Crippen molar-refractivity contribution < 1.29 is 29.0 Å². The number of aliphatic hydroxyl groups excluding tert-OH is 1.